The van der Waals surface area contributed by atoms with Gasteiger partial charge in [-0.1, -0.05) is 29.8 Å². The summed E-state index contributed by atoms with van der Waals surface area (Å²) in [6.07, 6.45) is 1.31. The SMILES string of the molecule is COc1ccc(C(=CC(N)=O)c2ccc(Cl)cc2)cc1O. The normalized spacial score (nSPS) is 11.2. The Morgan fingerprint density at radius 2 is 1.81 bits per heavy atom. The van der Waals surface area contributed by atoms with Crippen molar-refractivity contribution in [3.63, 3.8) is 0 Å². The van der Waals surface area contributed by atoms with Crippen molar-refractivity contribution in [3.8, 4) is 11.5 Å². The fourth-order valence-electron chi connectivity index (χ4n) is 1.96. The molecule has 0 fully saturated rings. The third-order valence-electron chi connectivity index (χ3n) is 2.93. The summed E-state index contributed by atoms with van der Waals surface area (Å²) in [5, 5.41) is 10.5. The predicted molar refractivity (Wildman–Crippen MR) is 82.4 cm³/mol. The fraction of sp³-hybridized carbons (Fsp3) is 0.0625. The van der Waals surface area contributed by atoms with Gasteiger partial charge in [-0.25, -0.2) is 0 Å². The molecule has 0 aliphatic rings. The molecule has 2 aromatic carbocycles. The molecule has 4 nitrogen and oxygen atoms in total. The summed E-state index contributed by atoms with van der Waals surface area (Å²) in [5.41, 5.74) is 7.27. The van der Waals surface area contributed by atoms with E-state index in [9.17, 15) is 9.90 Å². The van der Waals surface area contributed by atoms with Crippen LogP contribution in [-0.4, -0.2) is 18.1 Å². The molecule has 0 aliphatic carbocycles. The predicted octanol–water partition coefficient (Wildman–Crippen LogP) is 2.97. The van der Waals surface area contributed by atoms with Crippen molar-refractivity contribution in [2.24, 2.45) is 5.73 Å². The quantitative estimate of drug-likeness (QED) is 0.853. The van der Waals surface area contributed by atoms with Crippen molar-refractivity contribution < 1.29 is 14.6 Å². The molecule has 3 N–H and O–H groups in total. The van der Waals surface area contributed by atoms with Crippen LogP contribution in [0.1, 0.15) is 11.1 Å². The maximum absolute atomic E-state index is 11.3. The lowest BCUT2D eigenvalue weighted by Gasteiger charge is -2.10. The van der Waals surface area contributed by atoms with E-state index in [2.05, 4.69) is 0 Å². The smallest absolute Gasteiger partial charge is 0.242 e. The maximum Gasteiger partial charge on any atom is 0.242 e. The Balaban J connectivity index is 2.53. The largest absolute Gasteiger partial charge is 0.504 e. The lowest BCUT2D eigenvalue weighted by molar-refractivity contribution is -0.113. The van der Waals surface area contributed by atoms with E-state index >= 15 is 0 Å². The number of carbonyl (C=O) groups is 1. The van der Waals surface area contributed by atoms with Gasteiger partial charge in [0.1, 0.15) is 0 Å². The summed E-state index contributed by atoms with van der Waals surface area (Å²) < 4.78 is 5.00. The molecule has 2 aromatic rings. The molecule has 0 saturated heterocycles. The molecule has 5 heteroatoms. The highest BCUT2D eigenvalue weighted by atomic mass is 35.5. The molecule has 0 saturated carbocycles. The molecule has 0 aliphatic heterocycles. The molecule has 2 rings (SSSR count). The minimum atomic E-state index is -0.574. The lowest BCUT2D eigenvalue weighted by Crippen LogP contribution is -2.07. The van der Waals surface area contributed by atoms with Gasteiger partial charge in [0.25, 0.3) is 0 Å². The van der Waals surface area contributed by atoms with Gasteiger partial charge in [-0.05, 0) is 41.0 Å². The molecule has 1 amide bonds. The average molecular weight is 304 g/mol. The van der Waals surface area contributed by atoms with E-state index in [0.717, 1.165) is 5.56 Å². The summed E-state index contributed by atoms with van der Waals surface area (Å²) in [6.45, 7) is 0. The first-order valence-electron chi connectivity index (χ1n) is 6.15. The van der Waals surface area contributed by atoms with Gasteiger partial charge in [-0.3, -0.25) is 4.79 Å². The molecule has 0 bridgehead atoms. The second kappa shape index (κ2) is 6.33. The Bertz CT molecular complexity index is 693. The number of nitrogens with two attached hydrogens (primary N) is 1. The van der Waals surface area contributed by atoms with Crippen LogP contribution in [0.5, 0.6) is 11.5 Å². The molecule has 0 spiro atoms. The van der Waals surface area contributed by atoms with E-state index in [1.807, 2.05) is 0 Å². The van der Waals surface area contributed by atoms with E-state index < -0.39 is 5.91 Å². The Morgan fingerprint density at radius 1 is 1.19 bits per heavy atom. The van der Waals surface area contributed by atoms with E-state index in [-0.39, 0.29) is 5.75 Å². The summed E-state index contributed by atoms with van der Waals surface area (Å²) in [7, 11) is 1.47. The second-order valence-electron chi connectivity index (χ2n) is 4.35. The van der Waals surface area contributed by atoms with Crippen LogP contribution < -0.4 is 10.5 Å². The topological polar surface area (TPSA) is 72.5 Å². The number of amides is 1. The van der Waals surface area contributed by atoms with E-state index in [4.69, 9.17) is 22.1 Å². The van der Waals surface area contributed by atoms with Crippen LogP contribution in [0.15, 0.2) is 48.5 Å². The van der Waals surface area contributed by atoms with Gasteiger partial charge in [0.2, 0.25) is 5.91 Å². The van der Waals surface area contributed by atoms with Gasteiger partial charge < -0.3 is 15.6 Å². The van der Waals surface area contributed by atoms with Crippen molar-refractivity contribution in [1.29, 1.82) is 0 Å². The number of ether oxygens (including phenoxy) is 1. The Labute approximate surface area is 127 Å². The Hall–Kier alpha value is -2.46. The van der Waals surface area contributed by atoms with Crippen molar-refractivity contribution >= 4 is 23.1 Å². The van der Waals surface area contributed by atoms with Crippen molar-refractivity contribution in [2.75, 3.05) is 7.11 Å². The first kappa shape index (κ1) is 14.9. The second-order valence-corrected chi connectivity index (χ2v) is 4.79. The molecule has 0 atom stereocenters. The summed E-state index contributed by atoms with van der Waals surface area (Å²) in [6, 6.07) is 11.9. The van der Waals surface area contributed by atoms with Gasteiger partial charge in [-0.15, -0.1) is 0 Å². The molecule has 21 heavy (non-hydrogen) atoms. The number of hydrogen-bond acceptors (Lipinski definition) is 3. The number of aromatic hydroxyl groups is 1. The van der Waals surface area contributed by atoms with Crippen molar-refractivity contribution in [3.05, 3.63) is 64.7 Å². The highest BCUT2D eigenvalue weighted by Gasteiger charge is 2.10. The minimum Gasteiger partial charge on any atom is -0.504 e. The molecular formula is C16H14ClNO3. The van der Waals surface area contributed by atoms with E-state index in [1.165, 1.54) is 19.3 Å². The van der Waals surface area contributed by atoms with Gasteiger partial charge in [0, 0.05) is 11.1 Å². The van der Waals surface area contributed by atoms with Gasteiger partial charge >= 0.3 is 0 Å². The minimum absolute atomic E-state index is 0.0145. The fourth-order valence-corrected chi connectivity index (χ4v) is 2.09. The van der Waals surface area contributed by atoms with Gasteiger partial charge in [-0.2, -0.15) is 0 Å². The van der Waals surface area contributed by atoms with Crippen LogP contribution in [0.4, 0.5) is 0 Å². The van der Waals surface area contributed by atoms with Crippen LogP contribution in [0.25, 0.3) is 5.57 Å². The molecule has 0 radical (unpaired) electrons. The number of benzene rings is 2. The maximum atomic E-state index is 11.3. The first-order valence-corrected chi connectivity index (χ1v) is 6.53. The zero-order valence-corrected chi connectivity index (χ0v) is 12.1. The highest BCUT2D eigenvalue weighted by Crippen LogP contribution is 2.32. The molecular weight excluding hydrogens is 290 g/mol. The summed E-state index contributed by atoms with van der Waals surface area (Å²) >= 11 is 5.87. The molecule has 108 valence electrons. The third kappa shape index (κ3) is 3.55. The average Bonchev–Trinajstić information content (AvgIpc) is 2.45. The van der Waals surface area contributed by atoms with Crippen LogP contribution in [-0.2, 0) is 4.79 Å². The number of hydrogen-bond donors (Lipinski definition) is 2. The van der Waals surface area contributed by atoms with Gasteiger partial charge in [0.15, 0.2) is 11.5 Å². The van der Waals surface area contributed by atoms with Crippen LogP contribution in [0.2, 0.25) is 5.02 Å². The van der Waals surface area contributed by atoms with E-state index in [1.54, 1.807) is 36.4 Å². The molecule has 0 unspecified atom stereocenters. The van der Waals surface area contributed by atoms with Crippen molar-refractivity contribution in [1.82, 2.24) is 0 Å². The monoisotopic (exact) mass is 303 g/mol. The zero-order chi connectivity index (χ0) is 15.4. The molecule has 0 aromatic heterocycles. The Kier molecular flexibility index (Phi) is 4.50. The number of carbonyl (C=O) groups excluding carboxylic acids is 1. The number of methoxy groups -OCH3 is 1. The number of halogens is 1. The standard InChI is InChI=1S/C16H14ClNO3/c1-21-15-7-4-11(8-14(15)19)13(9-16(18)20)10-2-5-12(17)6-3-10/h2-9,19H,1H3,(H2,18,20). The number of primary amides is 1. The van der Waals surface area contributed by atoms with Crippen LogP contribution >= 0.6 is 11.6 Å². The first-order chi connectivity index (χ1) is 10.0. The summed E-state index contributed by atoms with van der Waals surface area (Å²) in [4.78, 5) is 11.3. The highest BCUT2D eigenvalue weighted by molar-refractivity contribution is 6.30. The van der Waals surface area contributed by atoms with Crippen molar-refractivity contribution in [2.45, 2.75) is 0 Å². The number of phenolic OH excluding ortho intramolecular Hbond substituents is 1. The summed E-state index contributed by atoms with van der Waals surface area (Å²) in [5.74, 6) is -0.233. The Morgan fingerprint density at radius 3 is 2.33 bits per heavy atom. The number of phenols is 1. The van der Waals surface area contributed by atoms with Crippen LogP contribution in [0, 0.1) is 0 Å². The number of rotatable bonds is 4. The van der Waals surface area contributed by atoms with Gasteiger partial charge in [0.05, 0.1) is 7.11 Å². The van der Waals surface area contributed by atoms with E-state index in [0.29, 0.717) is 21.9 Å². The lowest BCUT2D eigenvalue weighted by atomic mass is 9.97. The third-order valence-corrected chi connectivity index (χ3v) is 3.18. The van der Waals surface area contributed by atoms with Crippen LogP contribution in [0.3, 0.4) is 0 Å². The molecule has 0 heterocycles. The zero-order valence-electron chi connectivity index (χ0n) is 11.3.